The largest absolute Gasteiger partial charge is 0.384 e. The van der Waals surface area contributed by atoms with Crippen molar-refractivity contribution in [1.29, 1.82) is 0 Å². The molecule has 1 aliphatic rings. The van der Waals surface area contributed by atoms with Crippen molar-refractivity contribution in [3.8, 4) is 11.1 Å². The Bertz CT molecular complexity index is 829. The van der Waals surface area contributed by atoms with Gasteiger partial charge in [-0.3, -0.25) is 0 Å². The SMILES string of the molecule is COCCS(=O)(=O)c1ccc(-c2ccc(CCN3CCC[C@@H]3C)cc2)cc1. The number of methoxy groups -OCH3 is 1. The second-order valence-electron chi connectivity index (χ2n) is 7.31. The summed E-state index contributed by atoms with van der Waals surface area (Å²) < 4.78 is 29.3. The van der Waals surface area contributed by atoms with Crippen LogP contribution in [0.2, 0.25) is 0 Å². The number of sulfone groups is 1. The summed E-state index contributed by atoms with van der Waals surface area (Å²) in [5, 5.41) is 0. The zero-order valence-electron chi connectivity index (χ0n) is 16.2. The highest BCUT2D eigenvalue weighted by molar-refractivity contribution is 7.91. The van der Waals surface area contributed by atoms with Crippen molar-refractivity contribution in [1.82, 2.24) is 4.90 Å². The van der Waals surface area contributed by atoms with Crippen LogP contribution in [0, 0.1) is 0 Å². The summed E-state index contributed by atoms with van der Waals surface area (Å²) in [7, 11) is -1.77. The second kappa shape index (κ2) is 9.00. The summed E-state index contributed by atoms with van der Waals surface area (Å²) in [4.78, 5) is 2.91. The van der Waals surface area contributed by atoms with Crippen molar-refractivity contribution >= 4 is 9.84 Å². The summed E-state index contributed by atoms with van der Waals surface area (Å²) in [6.45, 7) is 4.87. The van der Waals surface area contributed by atoms with Crippen LogP contribution in [0.5, 0.6) is 0 Å². The van der Waals surface area contributed by atoms with E-state index in [0.717, 1.165) is 24.1 Å². The minimum Gasteiger partial charge on any atom is -0.384 e. The van der Waals surface area contributed by atoms with Gasteiger partial charge in [0.05, 0.1) is 17.3 Å². The van der Waals surface area contributed by atoms with Crippen molar-refractivity contribution in [2.45, 2.75) is 37.1 Å². The lowest BCUT2D eigenvalue weighted by Gasteiger charge is -2.20. The van der Waals surface area contributed by atoms with E-state index >= 15 is 0 Å². The van der Waals surface area contributed by atoms with E-state index in [9.17, 15) is 8.42 Å². The first kappa shape index (κ1) is 20.1. The second-order valence-corrected chi connectivity index (χ2v) is 9.42. The van der Waals surface area contributed by atoms with Crippen LogP contribution >= 0.6 is 0 Å². The van der Waals surface area contributed by atoms with E-state index in [4.69, 9.17) is 4.74 Å². The zero-order chi connectivity index (χ0) is 19.3. The molecular formula is C22H29NO3S. The standard InChI is InChI=1S/C22H29NO3S/c1-18-4-3-14-23(18)15-13-19-5-7-20(8-6-19)21-9-11-22(12-10-21)27(24,25)17-16-26-2/h5-12,18H,3-4,13-17H2,1-2H3/t18-/m0/s1. The molecule has 0 saturated carbocycles. The average molecular weight is 388 g/mol. The first-order valence-corrected chi connectivity index (χ1v) is 11.3. The van der Waals surface area contributed by atoms with Crippen LogP contribution in [-0.2, 0) is 21.0 Å². The molecule has 0 aromatic heterocycles. The fourth-order valence-electron chi connectivity index (χ4n) is 3.63. The highest BCUT2D eigenvalue weighted by Crippen LogP contribution is 2.23. The molecule has 2 aromatic carbocycles. The van der Waals surface area contributed by atoms with Crippen molar-refractivity contribution in [3.63, 3.8) is 0 Å². The van der Waals surface area contributed by atoms with Gasteiger partial charge in [0.25, 0.3) is 0 Å². The van der Waals surface area contributed by atoms with Crippen LogP contribution < -0.4 is 0 Å². The summed E-state index contributed by atoms with van der Waals surface area (Å²) >= 11 is 0. The van der Waals surface area contributed by atoms with E-state index in [1.165, 1.54) is 32.1 Å². The van der Waals surface area contributed by atoms with Gasteiger partial charge in [-0.1, -0.05) is 36.4 Å². The first-order chi connectivity index (χ1) is 13.0. The molecule has 27 heavy (non-hydrogen) atoms. The molecule has 0 radical (unpaired) electrons. The first-order valence-electron chi connectivity index (χ1n) is 9.65. The van der Waals surface area contributed by atoms with E-state index in [1.807, 2.05) is 12.1 Å². The lowest BCUT2D eigenvalue weighted by atomic mass is 10.0. The Kier molecular flexibility index (Phi) is 6.68. The van der Waals surface area contributed by atoms with Gasteiger partial charge in [0.2, 0.25) is 0 Å². The van der Waals surface area contributed by atoms with E-state index in [0.29, 0.717) is 10.9 Å². The Labute approximate surface area is 163 Å². The van der Waals surface area contributed by atoms with E-state index in [2.05, 4.69) is 36.1 Å². The highest BCUT2D eigenvalue weighted by Gasteiger charge is 2.19. The minimum absolute atomic E-state index is 0.00712. The molecule has 5 heteroatoms. The molecule has 1 fully saturated rings. The highest BCUT2D eigenvalue weighted by atomic mass is 32.2. The predicted octanol–water partition coefficient (Wildman–Crippen LogP) is 3.80. The fourth-order valence-corrected chi connectivity index (χ4v) is 4.80. The lowest BCUT2D eigenvalue weighted by molar-refractivity contribution is 0.217. The van der Waals surface area contributed by atoms with Crippen molar-refractivity contribution < 1.29 is 13.2 Å². The molecule has 3 rings (SSSR count). The number of nitrogens with zero attached hydrogens (tertiary/aromatic N) is 1. The van der Waals surface area contributed by atoms with Gasteiger partial charge in [-0.25, -0.2) is 8.42 Å². The van der Waals surface area contributed by atoms with Gasteiger partial charge in [0.15, 0.2) is 9.84 Å². The molecule has 1 aliphatic heterocycles. The minimum atomic E-state index is -3.28. The van der Waals surface area contributed by atoms with Gasteiger partial charge in [-0.2, -0.15) is 0 Å². The van der Waals surface area contributed by atoms with E-state index in [1.54, 1.807) is 12.1 Å². The Morgan fingerprint density at radius 3 is 2.22 bits per heavy atom. The van der Waals surface area contributed by atoms with Gasteiger partial charge in [-0.15, -0.1) is 0 Å². The molecule has 146 valence electrons. The van der Waals surface area contributed by atoms with Crippen LogP contribution in [0.3, 0.4) is 0 Å². The van der Waals surface area contributed by atoms with Crippen LogP contribution in [0.4, 0.5) is 0 Å². The summed E-state index contributed by atoms with van der Waals surface area (Å²) in [6, 6.07) is 16.4. The van der Waals surface area contributed by atoms with E-state index < -0.39 is 9.84 Å². The van der Waals surface area contributed by atoms with Crippen LogP contribution in [-0.4, -0.2) is 51.9 Å². The zero-order valence-corrected chi connectivity index (χ0v) is 17.0. The molecule has 0 unspecified atom stereocenters. The topological polar surface area (TPSA) is 46.6 Å². The van der Waals surface area contributed by atoms with Gasteiger partial charge in [-0.05, 0) is 61.6 Å². The monoisotopic (exact) mass is 387 g/mol. The maximum Gasteiger partial charge on any atom is 0.180 e. The predicted molar refractivity (Wildman–Crippen MR) is 110 cm³/mol. The quantitative estimate of drug-likeness (QED) is 0.691. The summed E-state index contributed by atoms with van der Waals surface area (Å²) in [6.07, 6.45) is 3.70. The number of benzene rings is 2. The maximum atomic E-state index is 12.2. The van der Waals surface area contributed by atoms with Crippen LogP contribution in [0.1, 0.15) is 25.3 Å². The molecular weight excluding hydrogens is 358 g/mol. The number of ether oxygens (including phenoxy) is 1. The fraction of sp³-hybridized carbons (Fsp3) is 0.455. The number of likely N-dealkylation sites (tertiary alicyclic amines) is 1. The molecule has 0 amide bonds. The van der Waals surface area contributed by atoms with Gasteiger partial charge < -0.3 is 9.64 Å². The van der Waals surface area contributed by atoms with Gasteiger partial charge >= 0.3 is 0 Å². The molecule has 0 spiro atoms. The number of hydrogen-bond donors (Lipinski definition) is 0. The van der Waals surface area contributed by atoms with Crippen molar-refractivity contribution in [2.75, 3.05) is 32.6 Å². The summed E-state index contributed by atoms with van der Waals surface area (Å²) in [5.41, 5.74) is 3.48. The summed E-state index contributed by atoms with van der Waals surface area (Å²) in [5.74, 6) is 0.00712. The Morgan fingerprint density at radius 2 is 1.67 bits per heavy atom. The maximum absolute atomic E-state index is 12.2. The molecule has 1 heterocycles. The van der Waals surface area contributed by atoms with Crippen molar-refractivity contribution in [3.05, 3.63) is 54.1 Å². The van der Waals surface area contributed by atoms with Crippen molar-refractivity contribution in [2.24, 2.45) is 0 Å². The van der Waals surface area contributed by atoms with Crippen LogP contribution in [0.25, 0.3) is 11.1 Å². The Balaban J connectivity index is 1.63. The van der Waals surface area contributed by atoms with Gasteiger partial charge in [0, 0.05) is 19.7 Å². The molecule has 0 bridgehead atoms. The lowest BCUT2D eigenvalue weighted by Crippen LogP contribution is -2.28. The normalized spacial score (nSPS) is 18.1. The van der Waals surface area contributed by atoms with E-state index in [-0.39, 0.29) is 12.4 Å². The van der Waals surface area contributed by atoms with Gasteiger partial charge in [0.1, 0.15) is 0 Å². The molecule has 0 aliphatic carbocycles. The average Bonchev–Trinajstić information content (AvgIpc) is 3.10. The molecule has 0 N–H and O–H groups in total. The van der Waals surface area contributed by atoms with Crippen LogP contribution in [0.15, 0.2) is 53.4 Å². The number of rotatable bonds is 8. The Morgan fingerprint density at radius 1 is 1.04 bits per heavy atom. The Hall–Kier alpha value is -1.69. The molecule has 4 nitrogen and oxygen atoms in total. The third-order valence-electron chi connectivity index (χ3n) is 5.44. The smallest absolute Gasteiger partial charge is 0.180 e. The molecule has 2 aromatic rings. The third-order valence-corrected chi connectivity index (χ3v) is 7.13. The molecule has 1 saturated heterocycles. The third kappa shape index (κ3) is 5.18. The molecule has 1 atom stereocenters. The number of hydrogen-bond acceptors (Lipinski definition) is 4.